The maximum atomic E-state index is 8.94. The SMILES string of the molecule is CC(CO)CCCNCc1ccc2ncccc2c1. The molecule has 0 radical (unpaired) electrons. The van der Waals surface area contributed by atoms with Gasteiger partial charge in [0.05, 0.1) is 5.52 Å². The summed E-state index contributed by atoms with van der Waals surface area (Å²) in [5.74, 6) is 0.411. The minimum Gasteiger partial charge on any atom is -0.396 e. The summed E-state index contributed by atoms with van der Waals surface area (Å²) in [5.41, 5.74) is 2.33. The average molecular weight is 258 g/mol. The minimum atomic E-state index is 0.289. The molecule has 1 heterocycles. The van der Waals surface area contributed by atoms with Gasteiger partial charge in [-0.1, -0.05) is 19.1 Å². The van der Waals surface area contributed by atoms with Crippen LogP contribution in [0.15, 0.2) is 36.5 Å². The molecule has 0 spiro atoms. The van der Waals surface area contributed by atoms with Gasteiger partial charge >= 0.3 is 0 Å². The number of benzene rings is 1. The molecule has 1 atom stereocenters. The van der Waals surface area contributed by atoms with Crippen LogP contribution in [-0.2, 0) is 6.54 Å². The molecule has 0 aliphatic heterocycles. The molecule has 19 heavy (non-hydrogen) atoms. The van der Waals surface area contributed by atoms with Crippen molar-refractivity contribution in [2.75, 3.05) is 13.2 Å². The summed E-state index contributed by atoms with van der Waals surface area (Å²) in [5, 5.41) is 13.6. The zero-order valence-corrected chi connectivity index (χ0v) is 11.5. The molecule has 102 valence electrons. The average Bonchev–Trinajstić information content (AvgIpc) is 2.46. The van der Waals surface area contributed by atoms with Gasteiger partial charge < -0.3 is 10.4 Å². The van der Waals surface area contributed by atoms with Gasteiger partial charge in [-0.25, -0.2) is 0 Å². The van der Waals surface area contributed by atoms with Crippen molar-refractivity contribution in [2.24, 2.45) is 5.92 Å². The highest BCUT2D eigenvalue weighted by Gasteiger charge is 2.00. The van der Waals surface area contributed by atoms with Crippen molar-refractivity contribution in [2.45, 2.75) is 26.3 Å². The summed E-state index contributed by atoms with van der Waals surface area (Å²) in [4.78, 5) is 4.32. The Balaban J connectivity index is 1.78. The van der Waals surface area contributed by atoms with Gasteiger partial charge in [0.25, 0.3) is 0 Å². The Kier molecular flexibility index (Phi) is 5.31. The van der Waals surface area contributed by atoms with E-state index in [2.05, 4.69) is 41.5 Å². The summed E-state index contributed by atoms with van der Waals surface area (Å²) in [6.07, 6.45) is 4.00. The van der Waals surface area contributed by atoms with E-state index in [0.29, 0.717) is 5.92 Å². The first kappa shape index (κ1) is 14.0. The second kappa shape index (κ2) is 7.22. The molecule has 0 saturated carbocycles. The highest BCUT2D eigenvalue weighted by molar-refractivity contribution is 5.78. The van der Waals surface area contributed by atoms with Crippen LogP contribution in [0.25, 0.3) is 10.9 Å². The molecule has 1 unspecified atom stereocenters. The number of aliphatic hydroxyl groups excluding tert-OH is 1. The summed E-state index contributed by atoms with van der Waals surface area (Å²) < 4.78 is 0. The normalized spacial score (nSPS) is 12.7. The molecule has 1 aromatic carbocycles. The standard InChI is InChI=1S/C16H22N2O/c1-13(12-19)4-2-8-17-11-14-6-7-16-15(10-14)5-3-9-18-16/h3,5-7,9-10,13,17,19H,2,4,8,11-12H2,1H3. The first-order chi connectivity index (χ1) is 9.29. The highest BCUT2D eigenvalue weighted by Crippen LogP contribution is 2.13. The molecule has 2 N–H and O–H groups in total. The van der Waals surface area contributed by atoms with E-state index >= 15 is 0 Å². The lowest BCUT2D eigenvalue weighted by molar-refractivity contribution is 0.228. The Morgan fingerprint density at radius 3 is 3.05 bits per heavy atom. The molecule has 0 aliphatic rings. The van der Waals surface area contributed by atoms with Crippen LogP contribution in [0.2, 0.25) is 0 Å². The summed E-state index contributed by atoms with van der Waals surface area (Å²) in [6, 6.07) is 10.4. The summed E-state index contributed by atoms with van der Waals surface area (Å²) >= 11 is 0. The van der Waals surface area contributed by atoms with Gasteiger partial charge in [-0.15, -0.1) is 0 Å². The van der Waals surface area contributed by atoms with Crippen molar-refractivity contribution in [1.29, 1.82) is 0 Å². The Morgan fingerprint density at radius 1 is 1.32 bits per heavy atom. The van der Waals surface area contributed by atoms with Crippen molar-refractivity contribution >= 4 is 10.9 Å². The molecule has 2 rings (SSSR count). The zero-order valence-electron chi connectivity index (χ0n) is 11.5. The second-order valence-electron chi connectivity index (χ2n) is 5.14. The van der Waals surface area contributed by atoms with Gasteiger partial charge in [0.1, 0.15) is 0 Å². The molecule has 0 fully saturated rings. The van der Waals surface area contributed by atoms with Crippen LogP contribution in [0.4, 0.5) is 0 Å². The number of aliphatic hydroxyl groups is 1. The van der Waals surface area contributed by atoms with Gasteiger partial charge in [-0.05, 0) is 49.1 Å². The van der Waals surface area contributed by atoms with Crippen LogP contribution in [0.3, 0.4) is 0 Å². The molecule has 0 bridgehead atoms. The van der Waals surface area contributed by atoms with Crippen molar-refractivity contribution < 1.29 is 5.11 Å². The predicted molar refractivity (Wildman–Crippen MR) is 78.9 cm³/mol. The van der Waals surface area contributed by atoms with E-state index in [4.69, 9.17) is 5.11 Å². The number of hydrogen-bond donors (Lipinski definition) is 2. The maximum Gasteiger partial charge on any atom is 0.0702 e. The van der Waals surface area contributed by atoms with Crippen molar-refractivity contribution in [1.82, 2.24) is 10.3 Å². The predicted octanol–water partition coefficient (Wildman–Crippen LogP) is 2.73. The maximum absolute atomic E-state index is 8.94. The van der Waals surface area contributed by atoms with E-state index in [9.17, 15) is 0 Å². The van der Waals surface area contributed by atoms with Crippen LogP contribution in [0, 0.1) is 5.92 Å². The van der Waals surface area contributed by atoms with E-state index in [-0.39, 0.29) is 6.61 Å². The van der Waals surface area contributed by atoms with Crippen LogP contribution in [-0.4, -0.2) is 23.2 Å². The Hall–Kier alpha value is -1.45. The van der Waals surface area contributed by atoms with E-state index in [0.717, 1.165) is 31.4 Å². The Morgan fingerprint density at radius 2 is 2.21 bits per heavy atom. The monoisotopic (exact) mass is 258 g/mol. The molecule has 1 aromatic heterocycles. The van der Waals surface area contributed by atoms with Gasteiger partial charge in [-0.3, -0.25) is 4.98 Å². The van der Waals surface area contributed by atoms with Crippen molar-refractivity contribution in [3.8, 4) is 0 Å². The van der Waals surface area contributed by atoms with Crippen LogP contribution in [0.5, 0.6) is 0 Å². The molecular formula is C16H22N2O. The quantitative estimate of drug-likeness (QED) is 0.751. The fraction of sp³-hybridized carbons (Fsp3) is 0.438. The number of nitrogens with one attached hydrogen (secondary N) is 1. The fourth-order valence-electron chi connectivity index (χ4n) is 2.13. The van der Waals surface area contributed by atoms with Crippen LogP contribution < -0.4 is 5.32 Å². The van der Waals surface area contributed by atoms with E-state index in [1.807, 2.05) is 12.3 Å². The molecule has 0 aliphatic carbocycles. The third-order valence-corrected chi connectivity index (χ3v) is 3.36. The smallest absolute Gasteiger partial charge is 0.0702 e. The molecule has 2 aromatic rings. The molecule has 3 nitrogen and oxygen atoms in total. The second-order valence-corrected chi connectivity index (χ2v) is 5.14. The number of aromatic nitrogens is 1. The Bertz CT molecular complexity index is 513. The number of rotatable bonds is 7. The molecule has 3 heteroatoms. The third kappa shape index (κ3) is 4.30. The lowest BCUT2D eigenvalue weighted by Crippen LogP contribution is -2.16. The topological polar surface area (TPSA) is 45.1 Å². The number of nitrogens with zero attached hydrogens (tertiary/aromatic N) is 1. The third-order valence-electron chi connectivity index (χ3n) is 3.36. The summed E-state index contributed by atoms with van der Waals surface area (Å²) in [6.45, 7) is 4.25. The molecular weight excluding hydrogens is 236 g/mol. The van der Waals surface area contributed by atoms with Crippen molar-refractivity contribution in [3.05, 3.63) is 42.1 Å². The number of hydrogen-bond acceptors (Lipinski definition) is 3. The lowest BCUT2D eigenvalue weighted by atomic mass is 10.1. The van der Waals surface area contributed by atoms with E-state index in [1.54, 1.807) is 0 Å². The van der Waals surface area contributed by atoms with E-state index < -0.39 is 0 Å². The first-order valence-corrected chi connectivity index (χ1v) is 6.95. The van der Waals surface area contributed by atoms with Gasteiger partial charge in [0.2, 0.25) is 0 Å². The van der Waals surface area contributed by atoms with Gasteiger partial charge in [0.15, 0.2) is 0 Å². The van der Waals surface area contributed by atoms with Crippen LogP contribution >= 0.6 is 0 Å². The summed E-state index contributed by atoms with van der Waals surface area (Å²) in [7, 11) is 0. The van der Waals surface area contributed by atoms with E-state index in [1.165, 1.54) is 10.9 Å². The fourth-order valence-corrected chi connectivity index (χ4v) is 2.13. The van der Waals surface area contributed by atoms with Crippen LogP contribution in [0.1, 0.15) is 25.3 Å². The highest BCUT2D eigenvalue weighted by atomic mass is 16.3. The first-order valence-electron chi connectivity index (χ1n) is 6.95. The Labute approximate surface area is 114 Å². The van der Waals surface area contributed by atoms with Gasteiger partial charge in [0, 0.05) is 24.7 Å². The minimum absolute atomic E-state index is 0.289. The number of pyridine rings is 1. The largest absolute Gasteiger partial charge is 0.396 e. The van der Waals surface area contributed by atoms with Gasteiger partial charge in [-0.2, -0.15) is 0 Å². The lowest BCUT2D eigenvalue weighted by Gasteiger charge is -2.08. The number of fused-ring (bicyclic) bond motifs is 1. The molecule has 0 saturated heterocycles. The van der Waals surface area contributed by atoms with Crippen molar-refractivity contribution in [3.63, 3.8) is 0 Å². The molecule has 0 amide bonds. The zero-order chi connectivity index (χ0) is 13.5.